The van der Waals surface area contributed by atoms with Crippen molar-refractivity contribution in [2.75, 3.05) is 13.1 Å². The standard InChI is InChI=1S/C16H17N3/c1-4-13-11-14-9-7-8-10-15(14)12-16(13)17-18-19(5-2)6-3/h1,7-12H,5-6H2,2-3H3. The Morgan fingerprint density at radius 3 is 2.32 bits per heavy atom. The van der Waals surface area contributed by atoms with Gasteiger partial charge >= 0.3 is 0 Å². The van der Waals surface area contributed by atoms with Crippen molar-refractivity contribution in [1.82, 2.24) is 5.01 Å². The number of terminal acetylenes is 1. The molecule has 0 aliphatic carbocycles. The quantitative estimate of drug-likeness (QED) is 0.455. The fourth-order valence-electron chi connectivity index (χ4n) is 1.89. The van der Waals surface area contributed by atoms with E-state index in [1.54, 1.807) is 0 Å². The average molecular weight is 251 g/mol. The second-order valence-electron chi connectivity index (χ2n) is 4.19. The van der Waals surface area contributed by atoms with Crippen LogP contribution in [0, 0.1) is 12.3 Å². The van der Waals surface area contributed by atoms with Gasteiger partial charge in [0.15, 0.2) is 0 Å². The van der Waals surface area contributed by atoms with Gasteiger partial charge in [-0.25, -0.2) is 0 Å². The number of fused-ring (bicyclic) bond motifs is 1. The van der Waals surface area contributed by atoms with Crippen LogP contribution in [0.2, 0.25) is 0 Å². The summed E-state index contributed by atoms with van der Waals surface area (Å²) in [4.78, 5) is 0. The van der Waals surface area contributed by atoms with Gasteiger partial charge in [-0.3, -0.25) is 5.01 Å². The number of rotatable bonds is 4. The van der Waals surface area contributed by atoms with Crippen molar-refractivity contribution in [3.8, 4) is 12.3 Å². The SMILES string of the molecule is C#Cc1cc2ccccc2cc1N=NN(CC)CC. The maximum atomic E-state index is 5.55. The zero-order chi connectivity index (χ0) is 13.7. The van der Waals surface area contributed by atoms with Gasteiger partial charge in [0, 0.05) is 13.1 Å². The van der Waals surface area contributed by atoms with Crippen molar-refractivity contribution >= 4 is 16.5 Å². The average Bonchev–Trinajstić information content (AvgIpc) is 2.47. The Labute approximate surface area is 113 Å². The lowest BCUT2D eigenvalue weighted by Gasteiger charge is -2.11. The highest BCUT2D eigenvalue weighted by Crippen LogP contribution is 2.26. The van der Waals surface area contributed by atoms with Crippen molar-refractivity contribution in [3.63, 3.8) is 0 Å². The van der Waals surface area contributed by atoms with Gasteiger partial charge in [-0.2, -0.15) is 0 Å². The van der Waals surface area contributed by atoms with E-state index in [-0.39, 0.29) is 0 Å². The molecule has 0 N–H and O–H groups in total. The molecule has 0 saturated carbocycles. The molecule has 0 saturated heterocycles. The van der Waals surface area contributed by atoms with Crippen LogP contribution in [0.15, 0.2) is 46.7 Å². The molecule has 0 radical (unpaired) electrons. The van der Waals surface area contributed by atoms with E-state index in [2.05, 4.69) is 16.3 Å². The van der Waals surface area contributed by atoms with Crippen LogP contribution in [-0.4, -0.2) is 18.1 Å². The topological polar surface area (TPSA) is 28.0 Å². The summed E-state index contributed by atoms with van der Waals surface area (Å²) in [6, 6.07) is 12.1. The van der Waals surface area contributed by atoms with Gasteiger partial charge in [-0.05, 0) is 36.8 Å². The molecule has 0 bridgehead atoms. The minimum atomic E-state index is 0.744. The van der Waals surface area contributed by atoms with Gasteiger partial charge < -0.3 is 0 Å². The van der Waals surface area contributed by atoms with Crippen LogP contribution in [-0.2, 0) is 0 Å². The van der Waals surface area contributed by atoms with Crippen molar-refractivity contribution in [2.45, 2.75) is 13.8 Å². The van der Waals surface area contributed by atoms with Crippen LogP contribution >= 0.6 is 0 Å². The van der Waals surface area contributed by atoms with Crippen LogP contribution in [0.1, 0.15) is 19.4 Å². The minimum Gasteiger partial charge on any atom is -0.279 e. The Morgan fingerprint density at radius 2 is 1.74 bits per heavy atom. The molecule has 0 aliphatic heterocycles. The summed E-state index contributed by atoms with van der Waals surface area (Å²) in [6.07, 6.45) is 5.55. The molecule has 2 aromatic carbocycles. The van der Waals surface area contributed by atoms with Crippen molar-refractivity contribution < 1.29 is 0 Å². The van der Waals surface area contributed by atoms with Gasteiger partial charge in [0.1, 0.15) is 5.69 Å². The molecule has 3 nitrogen and oxygen atoms in total. The number of nitrogens with zero attached hydrogens (tertiary/aromatic N) is 3. The van der Waals surface area contributed by atoms with E-state index in [0.717, 1.165) is 35.1 Å². The lowest BCUT2D eigenvalue weighted by molar-refractivity contribution is 0.300. The van der Waals surface area contributed by atoms with E-state index in [4.69, 9.17) is 6.42 Å². The molecule has 0 spiro atoms. The molecule has 0 heterocycles. The zero-order valence-electron chi connectivity index (χ0n) is 11.3. The molecule has 96 valence electrons. The molecule has 0 unspecified atom stereocenters. The first-order valence-electron chi connectivity index (χ1n) is 6.44. The molecule has 0 aromatic heterocycles. The summed E-state index contributed by atoms with van der Waals surface area (Å²) in [6.45, 7) is 5.76. The number of hydrogen-bond donors (Lipinski definition) is 0. The normalized spacial score (nSPS) is 10.8. The molecule has 0 atom stereocenters. The van der Waals surface area contributed by atoms with Crippen LogP contribution in [0.5, 0.6) is 0 Å². The predicted molar refractivity (Wildman–Crippen MR) is 79.3 cm³/mol. The summed E-state index contributed by atoms with van der Waals surface area (Å²) < 4.78 is 0. The molecule has 0 fully saturated rings. The van der Waals surface area contributed by atoms with E-state index in [1.165, 1.54) is 0 Å². The maximum absolute atomic E-state index is 5.55. The van der Waals surface area contributed by atoms with Crippen molar-refractivity contribution in [3.05, 3.63) is 42.0 Å². The largest absolute Gasteiger partial charge is 0.279 e. The van der Waals surface area contributed by atoms with Crippen LogP contribution in [0.3, 0.4) is 0 Å². The number of benzene rings is 2. The Kier molecular flexibility index (Phi) is 4.15. The lowest BCUT2D eigenvalue weighted by Crippen LogP contribution is -2.14. The van der Waals surface area contributed by atoms with E-state index >= 15 is 0 Å². The Morgan fingerprint density at radius 1 is 1.11 bits per heavy atom. The van der Waals surface area contributed by atoms with Gasteiger partial charge in [0.2, 0.25) is 0 Å². The smallest absolute Gasteiger partial charge is 0.104 e. The fraction of sp³-hybridized carbons (Fsp3) is 0.250. The molecule has 2 aromatic rings. The minimum absolute atomic E-state index is 0.744. The van der Waals surface area contributed by atoms with Crippen LogP contribution in [0.25, 0.3) is 10.8 Å². The van der Waals surface area contributed by atoms with Gasteiger partial charge in [0.25, 0.3) is 0 Å². The second-order valence-corrected chi connectivity index (χ2v) is 4.19. The molecule has 3 heteroatoms. The van der Waals surface area contributed by atoms with Gasteiger partial charge in [-0.15, -0.1) is 11.5 Å². The maximum Gasteiger partial charge on any atom is 0.104 e. The number of hydrogen-bond acceptors (Lipinski definition) is 2. The first-order valence-corrected chi connectivity index (χ1v) is 6.44. The highest BCUT2D eigenvalue weighted by atomic mass is 15.5. The Balaban J connectivity index is 2.44. The molecular formula is C16H17N3. The van der Waals surface area contributed by atoms with E-state index in [9.17, 15) is 0 Å². The van der Waals surface area contributed by atoms with Crippen LogP contribution in [0.4, 0.5) is 5.69 Å². The Bertz CT molecular complexity index is 634. The zero-order valence-corrected chi connectivity index (χ0v) is 11.3. The second kappa shape index (κ2) is 6.01. The summed E-state index contributed by atoms with van der Waals surface area (Å²) >= 11 is 0. The fourth-order valence-corrected chi connectivity index (χ4v) is 1.89. The first-order chi connectivity index (χ1) is 9.28. The predicted octanol–water partition coefficient (Wildman–Crippen LogP) is 4.16. The van der Waals surface area contributed by atoms with Crippen molar-refractivity contribution in [1.29, 1.82) is 0 Å². The molecule has 19 heavy (non-hydrogen) atoms. The highest BCUT2D eigenvalue weighted by molar-refractivity contribution is 5.87. The van der Waals surface area contributed by atoms with Gasteiger partial charge in [0.05, 0.1) is 5.56 Å². The summed E-state index contributed by atoms with van der Waals surface area (Å²) in [5.41, 5.74) is 1.52. The van der Waals surface area contributed by atoms with E-state index in [0.29, 0.717) is 0 Å². The summed E-state index contributed by atoms with van der Waals surface area (Å²) in [5.74, 6) is 2.68. The molecular weight excluding hydrogens is 234 g/mol. The highest BCUT2D eigenvalue weighted by Gasteiger charge is 2.03. The van der Waals surface area contributed by atoms with Crippen molar-refractivity contribution in [2.24, 2.45) is 10.3 Å². The molecule has 2 rings (SSSR count). The van der Waals surface area contributed by atoms with E-state index in [1.807, 2.05) is 55.3 Å². The Hall–Kier alpha value is -2.34. The summed E-state index contributed by atoms with van der Waals surface area (Å²) in [7, 11) is 0. The lowest BCUT2D eigenvalue weighted by atomic mass is 10.1. The third kappa shape index (κ3) is 2.92. The third-order valence-electron chi connectivity index (χ3n) is 3.03. The van der Waals surface area contributed by atoms with E-state index < -0.39 is 0 Å². The monoisotopic (exact) mass is 251 g/mol. The summed E-state index contributed by atoms with van der Waals surface area (Å²) in [5, 5.41) is 12.6. The van der Waals surface area contributed by atoms with Crippen LogP contribution < -0.4 is 0 Å². The van der Waals surface area contributed by atoms with Gasteiger partial charge in [-0.1, -0.05) is 35.4 Å². The third-order valence-corrected chi connectivity index (χ3v) is 3.03. The molecule has 0 amide bonds. The molecule has 0 aliphatic rings. The first kappa shape index (κ1) is 13.1.